The van der Waals surface area contributed by atoms with Crippen molar-refractivity contribution >= 4 is 21.2 Å². The minimum Gasteiger partial charge on any atom is -0.396 e. The Balaban J connectivity index is 2.16. The molecule has 0 aromatic heterocycles. The van der Waals surface area contributed by atoms with Crippen LogP contribution in [0.1, 0.15) is 44.9 Å². The highest BCUT2D eigenvalue weighted by atomic mass is 32.2. The largest absolute Gasteiger partial charge is 0.396 e. The predicted octanol–water partition coefficient (Wildman–Crippen LogP) is 3.20. The van der Waals surface area contributed by atoms with Crippen molar-refractivity contribution in [1.82, 2.24) is 0 Å². The first-order valence-electron chi connectivity index (χ1n) is 7.33. The van der Waals surface area contributed by atoms with Crippen LogP contribution in [0.3, 0.4) is 0 Å². The van der Waals surface area contributed by atoms with Crippen molar-refractivity contribution < 1.29 is 8.42 Å². The fraction of sp³-hybridized carbons (Fsp3) is 0.600. The van der Waals surface area contributed by atoms with Crippen molar-refractivity contribution in [2.75, 3.05) is 17.3 Å². The van der Waals surface area contributed by atoms with Gasteiger partial charge < -0.3 is 11.1 Å². The molecule has 0 saturated heterocycles. The van der Waals surface area contributed by atoms with Gasteiger partial charge in [-0.25, -0.2) is 8.42 Å². The maximum Gasteiger partial charge on any atom is 0.177 e. The quantitative estimate of drug-likeness (QED) is 0.840. The van der Waals surface area contributed by atoms with Crippen molar-refractivity contribution in [3.63, 3.8) is 0 Å². The van der Waals surface area contributed by atoms with Crippen molar-refractivity contribution in [2.24, 2.45) is 0 Å². The molecule has 0 atom stereocenters. The summed E-state index contributed by atoms with van der Waals surface area (Å²) in [6.45, 7) is 0. The van der Waals surface area contributed by atoms with E-state index in [1.807, 2.05) is 6.07 Å². The van der Waals surface area contributed by atoms with E-state index < -0.39 is 9.84 Å². The highest BCUT2D eigenvalue weighted by Crippen LogP contribution is 2.29. The van der Waals surface area contributed by atoms with E-state index in [9.17, 15) is 8.42 Å². The van der Waals surface area contributed by atoms with Crippen LogP contribution in [0.2, 0.25) is 0 Å². The summed E-state index contributed by atoms with van der Waals surface area (Å²) >= 11 is 0. The lowest BCUT2D eigenvalue weighted by Gasteiger charge is -2.23. The fourth-order valence-electron chi connectivity index (χ4n) is 2.81. The molecule has 1 aliphatic carbocycles. The summed E-state index contributed by atoms with van der Waals surface area (Å²) < 4.78 is 23.4. The van der Waals surface area contributed by atoms with Crippen LogP contribution in [-0.2, 0) is 9.84 Å². The van der Waals surface area contributed by atoms with Crippen LogP contribution in [0.25, 0.3) is 0 Å². The van der Waals surface area contributed by atoms with Gasteiger partial charge in [0.05, 0.1) is 16.3 Å². The number of nitrogens with one attached hydrogen (secondary N) is 1. The van der Waals surface area contributed by atoms with Gasteiger partial charge in [0.1, 0.15) is 0 Å². The zero-order valence-corrected chi connectivity index (χ0v) is 12.9. The van der Waals surface area contributed by atoms with Crippen LogP contribution in [0, 0.1) is 0 Å². The summed E-state index contributed by atoms with van der Waals surface area (Å²) in [6.07, 6.45) is 9.81. The molecule has 0 spiro atoms. The van der Waals surface area contributed by atoms with Crippen LogP contribution in [0.15, 0.2) is 23.1 Å². The minimum absolute atomic E-state index is 0.216. The van der Waals surface area contributed by atoms with Crippen molar-refractivity contribution in [1.29, 1.82) is 0 Å². The Labute approximate surface area is 121 Å². The fourth-order valence-corrected chi connectivity index (χ4v) is 3.65. The molecule has 1 aromatic carbocycles. The first-order valence-corrected chi connectivity index (χ1v) is 9.22. The van der Waals surface area contributed by atoms with E-state index in [0.29, 0.717) is 11.7 Å². The highest BCUT2D eigenvalue weighted by molar-refractivity contribution is 7.90. The molecule has 1 fully saturated rings. The normalized spacial score (nSPS) is 18.2. The highest BCUT2D eigenvalue weighted by Gasteiger charge is 2.17. The average Bonchev–Trinajstić information content (AvgIpc) is 2.33. The van der Waals surface area contributed by atoms with Crippen LogP contribution in [-0.4, -0.2) is 20.7 Å². The van der Waals surface area contributed by atoms with Gasteiger partial charge in [0, 0.05) is 12.3 Å². The summed E-state index contributed by atoms with van der Waals surface area (Å²) in [5, 5.41) is 3.44. The molecule has 0 amide bonds. The lowest BCUT2D eigenvalue weighted by Crippen LogP contribution is -2.21. The second-order valence-corrected chi connectivity index (χ2v) is 7.66. The van der Waals surface area contributed by atoms with E-state index in [-0.39, 0.29) is 4.90 Å². The topological polar surface area (TPSA) is 72.2 Å². The summed E-state index contributed by atoms with van der Waals surface area (Å²) in [4.78, 5) is 0.216. The van der Waals surface area contributed by atoms with E-state index in [1.54, 1.807) is 12.1 Å². The standard InChI is InChI=1S/C15H24N2O2S/c1-20(18,19)14-11-7-10-13(15(14)16)17-12-8-5-3-2-4-6-9-12/h7,10-12,17H,2-6,8-9,16H2,1H3. The van der Waals surface area contributed by atoms with Gasteiger partial charge in [-0.1, -0.05) is 38.2 Å². The number of sulfone groups is 1. The summed E-state index contributed by atoms with van der Waals surface area (Å²) in [5.41, 5.74) is 7.11. The van der Waals surface area contributed by atoms with Gasteiger partial charge in [0.25, 0.3) is 0 Å². The van der Waals surface area contributed by atoms with Crippen LogP contribution in [0.4, 0.5) is 11.4 Å². The number of nitrogens with two attached hydrogens (primary N) is 1. The first kappa shape index (κ1) is 15.2. The average molecular weight is 296 g/mol. The molecule has 112 valence electrons. The molecule has 4 nitrogen and oxygen atoms in total. The van der Waals surface area contributed by atoms with Gasteiger partial charge >= 0.3 is 0 Å². The molecule has 0 bridgehead atoms. The number of benzene rings is 1. The molecule has 1 aromatic rings. The molecular weight excluding hydrogens is 272 g/mol. The number of rotatable bonds is 3. The van der Waals surface area contributed by atoms with Gasteiger partial charge in [-0.05, 0) is 25.0 Å². The third-order valence-electron chi connectivity index (χ3n) is 3.93. The molecule has 0 unspecified atom stereocenters. The van der Waals surface area contributed by atoms with E-state index in [0.717, 1.165) is 18.5 Å². The number of hydrogen-bond donors (Lipinski definition) is 2. The Bertz CT molecular complexity index is 547. The molecule has 0 aliphatic heterocycles. The Hall–Kier alpha value is -1.23. The second-order valence-electron chi connectivity index (χ2n) is 5.68. The monoisotopic (exact) mass is 296 g/mol. The molecular formula is C15H24N2O2S. The summed E-state index contributed by atoms with van der Waals surface area (Å²) in [7, 11) is -3.27. The third-order valence-corrected chi connectivity index (χ3v) is 5.09. The van der Waals surface area contributed by atoms with E-state index in [1.165, 1.54) is 38.4 Å². The van der Waals surface area contributed by atoms with Crippen molar-refractivity contribution in [2.45, 2.75) is 55.9 Å². The molecule has 20 heavy (non-hydrogen) atoms. The molecule has 2 rings (SSSR count). The van der Waals surface area contributed by atoms with Gasteiger partial charge in [-0.3, -0.25) is 0 Å². The third kappa shape index (κ3) is 3.88. The van der Waals surface area contributed by atoms with Crippen LogP contribution in [0.5, 0.6) is 0 Å². The maximum atomic E-state index is 11.7. The molecule has 3 N–H and O–H groups in total. The SMILES string of the molecule is CS(=O)(=O)c1cccc(NC2CCCCCCC2)c1N. The van der Waals surface area contributed by atoms with Gasteiger partial charge in [-0.2, -0.15) is 0 Å². The zero-order chi connectivity index (χ0) is 14.6. The maximum absolute atomic E-state index is 11.7. The second kappa shape index (κ2) is 6.48. The summed E-state index contributed by atoms with van der Waals surface area (Å²) in [5.74, 6) is 0. The van der Waals surface area contributed by atoms with Crippen LogP contribution >= 0.6 is 0 Å². The predicted molar refractivity (Wildman–Crippen MR) is 83.7 cm³/mol. The number of anilines is 2. The summed E-state index contributed by atoms with van der Waals surface area (Å²) in [6, 6.07) is 5.57. The van der Waals surface area contributed by atoms with E-state index in [2.05, 4.69) is 5.32 Å². The molecule has 1 saturated carbocycles. The Kier molecular flexibility index (Phi) is 4.91. The van der Waals surface area contributed by atoms with Crippen molar-refractivity contribution in [3.8, 4) is 0 Å². The first-order chi connectivity index (χ1) is 9.48. The van der Waals surface area contributed by atoms with Gasteiger partial charge in [0.15, 0.2) is 9.84 Å². The Morgan fingerprint density at radius 2 is 1.70 bits per heavy atom. The van der Waals surface area contributed by atoms with Gasteiger partial charge in [-0.15, -0.1) is 0 Å². The van der Waals surface area contributed by atoms with Gasteiger partial charge in [0.2, 0.25) is 0 Å². The smallest absolute Gasteiger partial charge is 0.177 e. The van der Waals surface area contributed by atoms with E-state index in [4.69, 9.17) is 5.73 Å². The molecule has 1 aliphatic rings. The lowest BCUT2D eigenvalue weighted by atomic mass is 9.96. The molecule has 5 heteroatoms. The number of hydrogen-bond acceptors (Lipinski definition) is 4. The van der Waals surface area contributed by atoms with Crippen molar-refractivity contribution in [3.05, 3.63) is 18.2 Å². The number of para-hydroxylation sites is 1. The van der Waals surface area contributed by atoms with E-state index >= 15 is 0 Å². The zero-order valence-electron chi connectivity index (χ0n) is 12.1. The van der Waals surface area contributed by atoms with Crippen LogP contribution < -0.4 is 11.1 Å². The lowest BCUT2D eigenvalue weighted by molar-refractivity contribution is 0.471. The minimum atomic E-state index is -3.27. The number of nitrogen functional groups attached to an aromatic ring is 1. The Morgan fingerprint density at radius 3 is 2.30 bits per heavy atom. The molecule has 0 radical (unpaired) electrons. The molecule has 0 heterocycles. The Morgan fingerprint density at radius 1 is 1.10 bits per heavy atom.